The van der Waals surface area contributed by atoms with Crippen LogP contribution in [-0.4, -0.2) is 68.0 Å². The number of halogens is 1. The van der Waals surface area contributed by atoms with Crippen LogP contribution in [0.2, 0.25) is 0 Å². The largest absolute Gasteiger partial charge is 0.467 e. The first-order valence-corrected chi connectivity index (χ1v) is 9.48. The molecule has 1 aliphatic rings. The van der Waals surface area contributed by atoms with Crippen LogP contribution in [0.25, 0.3) is 0 Å². The van der Waals surface area contributed by atoms with Gasteiger partial charge in [-0.15, -0.1) is 0 Å². The van der Waals surface area contributed by atoms with Gasteiger partial charge in [0.1, 0.15) is 30.8 Å². The van der Waals surface area contributed by atoms with Crippen LogP contribution in [-0.2, 0) is 19.1 Å². The number of carbonyl (C=O) groups is 2. The van der Waals surface area contributed by atoms with Gasteiger partial charge in [-0.1, -0.05) is 12.1 Å². The molecule has 0 N–H and O–H groups in total. The quantitative estimate of drug-likeness (QED) is 0.625. The topological polar surface area (TPSA) is 84.6 Å². The van der Waals surface area contributed by atoms with Crippen LogP contribution in [0.5, 0.6) is 0 Å². The van der Waals surface area contributed by atoms with Gasteiger partial charge in [0.15, 0.2) is 0 Å². The molecule has 1 aromatic carbocycles. The van der Waals surface area contributed by atoms with Crippen molar-refractivity contribution in [3.05, 3.63) is 59.8 Å². The maximum Gasteiger partial charge on any atom is 0.262 e. The average Bonchev–Trinajstić information content (AvgIpc) is 3.41. The van der Waals surface area contributed by atoms with Gasteiger partial charge in [0, 0.05) is 27.2 Å². The first-order valence-electron chi connectivity index (χ1n) is 9.48. The van der Waals surface area contributed by atoms with Crippen molar-refractivity contribution in [2.75, 3.05) is 40.5 Å². The predicted octanol–water partition coefficient (Wildman–Crippen LogP) is 2.22. The Bertz CT molecular complexity index is 883. The van der Waals surface area contributed by atoms with E-state index in [1.807, 2.05) is 0 Å². The zero-order valence-corrected chi connectivity index (χ0v) is 16.9. The number of hydrazone groups is 1. The highest BCUT2D eigenvalue weighted by molar-refractivity contribution is 6.03. The number of benzene rings is 1. The summed E-state index contributed by atoms with van der Waals surface area (Å²) in [5.74, 6) is -0.456. The number of hydrogen-bond acceptors (Lipinski definition) is 6. The Labute approximate surface area is 173 Å². The monoisotopic (exact) mass is 417 g/mol. The second kappa shape index (κ2) is 10.1. The maximum atomic E-state index is 13.3. The summed E-state index contributed by atoms with van der Waals surface area (Å²) in [6.45, 7) is 0.221. The fourth-order valence-corrected chi connectivity index (χ4v) is 3.20. The Morgan fingerprint density at radius 2 is 2.00 bits per heavy atom. The summed E-state index contributed by atoms with van der Waals surface area (Å²) in [7, 11) is 2.94. The van der Waals surface area contributed by atoms with E-state index in [9.17, 15) is 14.0 Å². The summed E-state index contributed by atoms with van der Waals surface area (Å²) in [5.41, 5.74) is 1.35. The molecule has 3 rings (SSSR count). The highest BCUT2D eigenvalue weighted by atomic mass is 19.1. The van der Waals surface area contributed by atoms with Crippen molar-refractivity contribution in [1.82, 2.24) is 9.91 Å². The van der Waals surface area contributed by atoms with Crippen LogP contribution < -0.4 is 0 Å². The van der Waals surface area contributed by atoms with E-state index < -0.39 is 6.04 Å². The highest BCUT2D eigenvalue weighted by Gasteiger charge is 2.35. The van der Waals surface area contributed by atoms with E-state index in [4.69, 9.17) is 13.9 Å². The molecule has 1 aliphatic heterocycles. The van der Waals surface area contributed by atoms with Gasteiger partial charge in [-0.2, -0.15) is 5.10 Å². The van der Waals surface area contributed by atoms with Crippen LogP contribution in [0.1, 0.15) is 23.8 Å². The van der Waals surface area contributed by atoms with Crippen molar-refractivity contribution in [3.8, 4) is 0 Å². The van der Waals surface area contributed by atoms with E-state index in [1.54, 1.807) is 24.3 Å². The van der Waals surface area contributed by atoms with Crippen LogP contribution in [0.3, 0.4) is 0 Å². The summed E-state index contributed by atoms with van der Waals surface area (Å²) >= 11 is 0. The smallest absolute Gasteiger partial charge is 0.262 e. The second-order valence-corrected chi connectivity index (χ2v) is 6.77. The predicted molar refractivity (Wildman–Crippen MR) is 106 cm³/mol. The molecule has 1 atom stereocenters. The van der Waals surface area contributed by atoms with Gasteiger partial charge in [0.25, 0.3) is 5.91 Å². The number of methoxy groups -OCH3 is 2. The van der Waals surface area contributed by atoms with Gasteiger partial charge in [-0.3, -0.25) is 9.59 Å². The fourth-order valence-electron chi connectivity index (χ4n) is 3.20. The van der Waals surface area contributed by atoms with Gasteiger partial charge in [0.05, 0.1) is 18.6 Å². The van der Waals surface area contributed by atoms with Crippen molar-refractivity contribution in [2.45, 2.75) is 12.5 Å². The van der Waals surface area contributed by atoms with Crippen LogP contribution in [0.4, 0.5) is 4.39 Å². The number of furan rings is 1. The zero-order chi connectivity index (χ0) is 21.5. The number of carbonyl (C=O) groups excluding carboxylic acids is 2. The molecule has 0 spiro atoms. The lowest BCUT2D eigenvalue weighted by atomic mass is 10.0. The Morgan fingerprint density at radius 1 is 1.23 bits per heavy atom. The minimum absolute atomic E-state index is 0.136. The molecule has 9 heteroatoms. The van der Waals surface area contributed by atoms with E-state index >= 15 is 0 Å². The normalized spacial score (nSPS) is 15.9. The van der Waals surface area contributed by atoms with Crippen molar-refractivity contribution in [3.63, 3.8) is 0 Å². The minimum atomic E-state index is -0.450. The summed E-state index contributed by atoms with van der Waals surface area (Å²) < 4.78 is 28.7. The average molecular weight is 417 g/mol. The Morgan fingerprint density at radius 3 is 2.63 bits per heavy atom. The van der Waals surface area contributed by atoms with Crippen molar-refractivity contribution >= 4 is 17.5 Å². The standard InChI is InChI=1S/C21H24FN3O5/c1-28-11-9-24(21(27)14-29-2)13-20(26)25-18(19-4-3-10-30-19)12-17(23-25)15-5-7-16(22)8-6-15/h3-8,10,18H,9,11-14H2,1-2H3. The third-order valence-electron chi connectivity index (χ3n) is 4.73. The summed E-state index contributed by atoms with van der Waals surface area (Å²) in [5, 5.41) is 5.81. The van der Waals surface area contributed by atoms with Crippen molar-refractivity contribution in [2.24, 2.45) is 5.10 Å². The molecule has 0 aliphatic carbocycles. The van der Waals surface area contributed by atoms with Gasteiger partial charge in [-0.05, 0) is 29.8 Å². The Kier molecular flexibility index (Phi) is 7.31. The second-order valence-electron chi connectivity index (χ2n) is 6.77. The number of ether oxygens (including phenoxy) is 2. The molecule has 0 saturated heterocycles. The lowest BCUT2D eigenvalue weighted by Crippen LogP contribution is -2.44. The molecule has 2 amide bonds. The van der Waals surface area contributed by atoms with E-state index in [0.29, 0.717) is 17.9 Å². The summed E-state index contributed by atoms with van der Waals surface area (Å²) in [6, 6.07) is 8.99. The molecule has 160 valence electrons. The number of hydrogen-bond donors (Lipinski definition) is 0. The van der Waals surface area contributed by atoms with E-state index in [1.165, 1.54) is 42.5 Å². The summed E-state index contributed by atoms with van der Waals surface area (Å²) in [6.07, 6.45) is 1.94. The molecular weight excluding hydrogens is 393 g/mol. The summed E-state index contributed by atoms with van der Waals surface area (Å²) in [4.78, 5) is 26.8. The molecule has 0 fully saturated rings. The molecule has 8 nitrogen and oxygen atoms in total. The fraction of sp³-hybridized carbons (Fsp3) is 0.381. The molecule has 2 aromatic rings. The van der Waals surface area contributed by atoms with E-state index in [2.05, 4.69) is 5.10 Å². The molecule has 1 unspecified atom stereocenters. The molecule has 30 heavy (non-hydrogen) atoms. The SMILES string of the molecule is COCCN(CC(=O)N1N=C(c2ccc(F)cc2)CC1c1ccco1)C(=O)COC. The van der Waals surface area contributed by atoms with Gasteiger partial charge in [-0.25, -0.2) is 9.40 Å². The van der Waals surface area contributed by atoms with Gasteiger partial charge in [0.2, 0.25) is 5.91 Å². The van der Waals surface area contributed by atoms with Crippen LogP contribution in [0, 0.1) is 5.82 Å². The Hall–Kier alpha value is -3.04. The number of nitrogens with zero attached hydrogens (tertiary/aromatic N) is 3. The lowest BCUT2D eigenvalue weighted by Gasteiger charge is -2.25. The molecule has 1 aromatic heterocycles. The first-order chi connectivity index (χ1) is 14.5. The maximum absolute atomic E-state index is 13.3. The first kappa shape index (κ1) is 21.7. The molecule has 0 radical (unpaired) electrons. The third-order valence-corrected chi connectivity index (χ3v) is 4.73. The van der Waals surface area contributed by atoms with Gasteiger partial charge < -0.3 is 18.8 Å². The van der Waals surface area contributed by atoms with E-state index in [-0.39, 0.29) is 43.9 Å². The Balaban J connectivity index is 1.83. The molecule has 2 heterocycles. The minimum Gasteiger partial charge on any atom is -0.467 e. The zero-order valence-electron chi connectivity index (χ0n) is 16.9. The van der Waals surface area contributed by atoms with Crippen LogP contribution >= 0.6 is 0 Å². The van der Waals surface area contributed by atoms with Crippen molar-refractivity contribution < 1.29 is 27.9 Å². The highest BCUT2D eigenvalue weighted by Crippen LogP contribution is 2.33. The van der Waals surface area contributed by atoms with Gasteiger partial charge >= 0.3 is 0 Å². The molecule has 0 bridgehead atoms. The molecular formula is C21H24FN3O5. The number of rotatable bonds is 9. The number of amides is 2. The van der Waals surface area contributed by atoms with Crippen molar-refractivity contribution in [1.29, 1.82) is 0 Å². The molecule has 0 saturated carbocycles. The third kappa shape index (κ3) is 5.11. The lowest BCUT2D eigenvalue weighted by molar-refractivity contribution is -0.144. The van der Waals surface area contributed by atoms with E-state index in [0.717, 1.165) is 5.56 Å². The van der Waals surface area contributed by atoms with Crippen LogP contribution in [0.15, 0.2) is 52.2 Å².